The van der Waals surface area contributed by atoms with Crippen molar-refractivity contribution >= 4 is 23.4 Å². The molecule has 5 nitrogen and oxygen atoms in total. The summed E-state index contributed by atoms with van der Waals surface area (Å²) in [5.41, 5.74) is 0.943. The number of fused-ring (bicyclic) bond motifs is 1. The van der Waals surface area contributed by atoms with Gasteiger partial charge in [-0.15, -0.1) is 10.2 Å². The molecule has 0 saturated heterocycles. The number of benzene rings is 1. The van der Waals surface area contributed by atoms with Crippen LogP contribution in [-0.2, 0) is 6.67 Å². The SMILES string of the molecule is CN(C)CCCN1CSc2nnc(-c3ccccc3Cl)n2C1. The lowest BCUT2D eigenvalue weighted by Crippen LogP contribution is -2.32. The average molecular weight is 338 g/mol. The van der Waals surface area contributed by atoms with Gasteiger partial charge < -0.3 is 4.90 Å². The van der Waals surface area contributed by atoms with Crippen molar-refractivity contribution in [1.82, 2.24) is 24.6 Å². The van der Waals surface area contributed by atoms with Crippen molar-refractivity contribution in [2.24, 2.45) is 0 Å². The van der Waals surface area contributed by atoms with Crippen LogP contribution in [0.3, 0.4) is 0 Å². The highest BCUT2D eigenvalue weighted by Gasteiger charge is 2.23. The van der Waals surface area contributed by atoms with E-state index in [-0.39, 0.29) is 0 Å². The first-order chi connectivity index (χ1) is 10.6. The molecule has 0 bridgehead atoms. The Morgan fingerprint density at radius 2 is 2.09 bits per heavy atom. The van der Waals surface area contributed by atoms with Gasteiger partial charge in [-0.3, -0.25) is 9.47 Å². The fourth-order valence-electron chi connectivity index (χ4n) is 2.50. The second-order valence-corrected chi connectivity index (χ2v) is 7.00. The number of rotatable bonds is 5. The smallest absolute Gasteiger partial charge is 0.193 e. The largest absolute Gasteiger partial charge is 0.309 e. The molecule has 0 spiro atoms. The number of nitrogens with zero attached hydrogens (tertiary/aromatic N) is 5. The van der Waals surface area contributed by atoms with E-state index in [2.05, 4.69) is 38.7 Å². The molecular weight excluding hydrogens is 318 g/mol. The summed E-state index contributed by atoms with van der Waals surface area (Å²) >= 11 is 8.04. The molecule has 0 saturated carbocycles. The predicted molar refractivity (Wildman–Crippen MR) is 91.1 cm³/mol. The van der Waals surface area contributed by atoms with Crippen LogP contribution in [0.4, 0.5) is 0 Å². The molecule has 2 aromatic rings. The fourth-order valence-corrected chi connectivity index (χ4v) is 3.63. The van der Waals surface area contributed by atoms with Crippen LogP contribution in [0.1, 0.15) is 6.42 Å². The molecule has 1 aliphatic rings. The zero-order chi connectivity index (χ0) is 15.5. The van der Waals surface area contributed by atoms with E-state index in [1.807, 2.05) is 24.3 Å². The molecule has 1 aliphatic heterocycles. The minimum atomic E-state index is 0.715. The van der Waals surface area contributed by atoms with E-state index in [0.29, 0.717) is 5.02 Å². The molecule has 0 amide bonds. The highest BCUT2D eigenvalue weighted by atomic mass is 35.5. The Bertz CT molecular complexity index is 643. The first-order valence-corrected chi connectivity index (χ1v) is 8.69. The molecule has 0 atom stereocenters. The van der Waals surface area contributed by atoms with Crippen LogP contribution in [-0.4, -0.2) is 57.6 Å². The fraction of sp³-hybridized carbons (Fsp3) is 0.467. The lowest BCUT2D eigenvalue weighted by molar-refractivity contribution is 0.226. The Labute approximate surface area is 140 Å². The maximum Gasteiger partial charge on any atom is 0.193 e. The topological polar surface area (TPSA) is 37.2 Å². The minimum Gasteiger partial charge on any atom is -0.309 e. The van der Waals surface area contributed by atoms with Gasteiger partial charge in [0.05, 0.1) is 17.6 Å². The van der Waals surface area contributed by atoms with Crippen molar-refractivity contribution in [2.75, 3.05) is 33.1 Å². The lowest BCUT2D eigenvalue weighted by Gasteiger charge is -2.28. The van der Waals surface area contributed by atoms with Gasteiger partial charge >= 0.3 is 0 Å². The maximum atomic E-state index is 6.31. The van der Waals surface area contributed by atoms with Gasteiger partial charge in [0, 0.05) is 12.1 Å². The Morgan fingerprint density at radius 3 is 2.86 bits per heavy atom. The summed E-state index contributed by atoms with van der Waals surface area (Å²) < 4.78 is 2.16. The van der Waals surface area contributed by atoms with Gasteiger partial charge in [0.2, 0.25) is 0 Å². The Balaban J connectivity index is 1.76. The number of aromatic nitrogens is 3. The van der Waals surface area contributed by atoms with Crippen LogP contribution in [0.25, 0.3) is 11.4 Å². The summed E-state index contributed by atoms with van der Waals surface area (Å²) in [7, 11) is 4.22. The van der Waals surface area contributed by atoms with Crippen LogP contribution in [0.15, 0.2) is 29.4 Å². The van der Waals surface area contributed by atoms with Crippen LogP contribution >= 0.6 is 23.4 Å². The molecule has 0 radical (unpaired) electrons. The Hall–Kier alpha value is -1.08. The summed E-state index contributed by atoms with van der Waals surface area (Å²) in [5.74, 6) is 1.82. The highest BCUT2D eigenvalue weighted by Crippen LogP contribution is 2.32. The molecule has 0 fully saturated rings. The van der Waals surface area contributed by atoms with Crippen molar-refractivity contribution in [2.45, 2.75) is 18.2 Å². The van der Waals surface area contributed by atoms with Crippen LogP contribution in [0.5, 0.6) is 0 Å². The monoisotopic (exact) mass is 337 g/mol. The number of halogens is 1. The molecule has 1 aromatic carbocycles. The summed E-state index contributed by atoms with van der Waals surface area (Å²) in [5, 5.41) is 10.3. The molecule has 0 N–H and O–H groups in total. The standard InChI is InChI=1S/C15H20ClN5S/c1-19(2)8-5-9-20-10-21-14(17-18-15(21)22-11-20)12-6-3-4-7-13(12)16/h3-4,6-7H,5,8-11H2,1-2H3. The molecule has 0 aliphatic carbocycles. The normalized spacial score (nSPS) is 15.3. The molecular formula is C15H20ClN5S. The Kier molecular flexibility index (Phi) is 5.03. The third kappa shape index (κ3) is 3.46. The van der Waals surface area contributed by atoms with E-state index in [1.54, 1.807) is 11.8 Å². The van der Waals surface area contributed by atoms with E-state index >= 15 is 0 Å². The van der Waals surface area contributed by atoms with E-state index in [0.717, 1.165) is 48.6 Å². The quantitative estimate of drug-likeness (QED) is 0.838. The molecule has 3 rings (SSSR count). The minimum absolute atomic E-state index is 0.715. The van der Waals surface area contributed by atoms with Crippen LogP contribution in [0, 0.1) is 0 Å². The zero-order valence-corrected chi connectivity index (χ0v) is 14.4. The summed E-state index contributed by atoms with van der Waals surface area (Å²) in [4.78, 5) is 4.64. The Morgan fingerprint density at radius 1 is 1.27 bits per heavy atom. The first kappa shape index (κ1) is 15.8. The van der Waals surface area contributed by atoms with Crippen molar-refractivity contribution in [3.8, 4) is 11.4 Å². The average Bonchev–Trinajstić information content (AvgIpc) is 2.90. The van der Waals surface area contributed by atoms with Crippen molar-refractivity contribution in [3.63, 3.8) is 0 Å². The molecule has 1 aromatic heterocycles. The third-order valence-electron chi connectivity index (χ3n) is 3.63. The van der Waals surface area contributed by atoms with E-state index in [9.17, 15) is 0 Å². The first-order valence-electron chi connectivity index (χ1n) is 7.33. The summed E-state index contributed by atoms with van der Waals surface area (Å²) in [6.07, 6.45) is 1.16. The van der Waals surface area contributed by atoms with E-state index in [4.69, 9.17) is 11.6 Å². The van der Waals surface area contributed by atoms with Gasteiger partial charge in [-0.05, 0) is 39.2 Å². The van der Waals surface area contributed by atoms with E-state index < -0.39 is 0 Å². The number of hydrogen-bond acceptors (Lipinski definition) is 5. The van der Waals surface area contributed by atoms with Crippen LogP contribution in [0.2, 0.25) is 5.02 Å². The highest BCUT2D eigenvalue weighted by molar-refractivity contribution is 7.99. The van der Waals surface area contributed by atoms with Crippen molar-refractivity contribution in [3.05, 3.63) is 29.3 Å². The van der Waals surface area contributed by atoms with Crippen LogP contribution < -0.4 is 0 Å². The summed E-state index contributed by atoms with van der Waals surface area (Å²) in [6.45, 7) is 3.00. The number of hydrogen-bond donors (Lipinski definition) is 0. The second kappa shape index (κ2) is 7.00. The molecule has 7 heteroatoms. The molecule has 0 unspecified atom stereocenters. The van der Waals surface area contributed by atoms with Gasteiger partial charge in [-0.25, -0.2) is 0 Å². The van der Waals surface area contributed by atoms with E-state index in [1.165, 1.54) is 0 Å². The third-order valence-corrected chi connectivity index (χ3v) is 5.01. The lowest BCUT2D eigenvalue weighted by atomic mass is 10.2. The van der Waals surface area contributed by atoms with Gasteiger partial charge in [0.25, 0.3) is 0 Å². The van der Waals surface area contributed by atoms with Gasteiger partial charge in [0.15, 0.2) is 11.0 Å². The van der Waals surface area contributed by atoms with Gasteiger partial charge in [-0.2, -0.15) is 0 Å². The predicted octanol–water partition coefficient (Wildman–Crippen LogP) is 2.87. The maximum absolute atomic E-state index is 6.31. The van der Waals surface area contributed by atoms with Crippen molar-refractivity contribution in [1.29, 1.82) is 0 Å². The molecule has 22 heavy (non-hydrogen) atoms. The van der Waals surface area contributed by atoms with Gasteiger partial charge in [0.1, 0.15) is 0 Å². The van der Waals surface area contributed by atoms with Gasteiger partial charge in [-0.1, -0.05) is 35.5 Å². The summed E-state index contributed by atoms with van der Waals surface area (Å²) in [6, 6.07) is 7.80. The second-order valence-electron chi connectivity index (χ2n) is 5.68. The number of thioether (sulfide) groups is 1. The van der Waals surface area contributed by atoms with Crippen molar-refractivity contribution < 1.29 is 0 Å². The zero-order valence-electron chi connectivity index (χ0n) is 12.9. The molecule has 2 heterocycles. The molecule has 118 valence electrons.